The molecule has 4 nitrogen and oxygen atoms in total. The van der Waals surface area contributed by atoms with Crippen molar-refractivity contribution in [2.24, 2.45) is 0 Å². The molecule has 5 aromatic rings. The quantitative estimate of drug-likeness (QED) is 0.451. The Morgan fingerprint density at radius 1 is 0.828 bits per heavy atom. The summed E-state index contributed by atoms with van der Waals surface area (Å²) < 4.78 is 16.3. The Kier molecular flexibility index (Phi) is 4.13. The van der Waals surface area contributed by atoms with Crippen molar-refractivity contribution in [2.75, 3.05) is 0 Å². The molecule has 0 aliphatic rings. The van der Waals surface area contributed by atoms with Gasteiger partial charge in [-0.1, -0.05) is 36.4 Å². The van der Waals surface area contributed by atoms with E-state index >= 15 is 0 Å². The van der Waals surface area contributed by atoms with Crippen molar-refractivity contribution in [2.45, 2.75) is 6.54 Å². The molecular formula is C24H16FN3O. The molecule has 140 valence electrons. The summed E-state index contributed by atoms with van der Waals surface area (Å²) in [4.78, 5) is 21.3. The molecule has 3 aromatic carbocycles. The van der Waals surface area contributed by atoms with Gasteiger partial charge in [-0.05, 0) is 47.5 Å². The van der Waals surface area contributed by atoms with Crippen LogP contribution >= 0.6 is 0 Å². The lowest BCUT2D eigenvalue weighted by atomic mass is 10.0. The highest BCUT2D eigenvalue weighted by molar-refractivity contribution is 5.84. The Labute approximate surface area is 165 Å². The van der Waals surface area contributed by atoms with Crippen molar-refractivity contribution in [1.82, 2.24) is 14.5 Å². The van der Waals surface area contributed by atoms with Crippen LogP contribution in [-0.4, -0.2) is 14.5 Å². The van der Waals surface area contributed by atoms with Crippen LogP contribution in [0.2, 0.25) is 0 Å². The van der Waals surface area contributed by atoms with E-state index in [4.69, 9.17) is 0 Å². The van der Waals surface area contributed by atoms with Gasteiger partial charge in [0, 0.05) is 17.1 Å². The van der Waals surface area contributed by atoms with E-state index in [9.17, 15) is 9.18 Å². The molecule has 0 saturated heterocycles. The van der Waals surface area contributed by atoms with E-state index in [2.05, 4.69) is 9.97 Å². The van der Waals surface area contributed by atoms with Gasteiger partial charge in [-0.15, -0.1) is 0 Å². The second-order valence-electron chi connectivity index (χ2n) is 6.91. The smallest absolute Gasteiger partial charge is 0.261 e. The van der Waals surface area contributed by atoms with Crippen molar-refractivity contribution in [3.05, 3.63) is 107 Å². The van der Waals surface area contributed by atoms with Crippen molar-refractivity contribution < 1.29 is 4.39 Å². The first-order valence-corrected chi connectivity index (χ1v) is 9.27. The summed E-state index contributed by atoms with van der Waals surface area (Å²) in [5.74, 6) is -0.353. The first-order chi connectivity index (χ1) is 14.2. The average Bonchev–Trinajstić information content (AvgIpc) is 2.76. The maximum absolute atomic E-state index is 14.8. The van der Waals surface area contributed by atoms with E-state index < -0.39 is 0 Å². The highest BCUT2D eigenvalue weighted by atomic mass is 19.1. The summed E-state index contributed by atoms with van der Waals surface area (Å²) in [6.45, 7) is 0.129. The van der Waals surface area contributed by atoms with Crippen LogP contribution in [0.3, 0.4) is 0 Å². The number of hydrogen-bond donors (Lipinski definition) is 0. The van der Waals surface area contributed by atoms with E-state index in [-0.39, 0.29) is 17.9 Å². The predicted octanol–water partition coefficient (Wildman–Crippen LogP) is 4.80. The molecule has 0 aliphatic carbocycles. The fourth-order valence-electron chi connectivity index (χ4n) is 3.51. The number of hydrogen-bond acceptors (Lipinski definition) is 3. The predicted molar refractivity (Wildman–Crippen MR) is 112 cm³/mol. The summed E-state index contributed by atoms with van der Waals surface area (Å²) in [7, 11) is 0. The molecule has 0 atom stereocenters. The van der Waals surface area contributed by atoms with Crippen LogP contribution in [-0.2, 0) is 6.54 Å². The van der Waals surface area contributed by atoms with Crippen molar-refractivity contribution in [3.8, 4) is 11.1 Å². The number of nitrogens with zero attached hydrogens (tertiary/aromatic N) is 3. The average molecular weight is 381 g/mol. The summed E-state index contributed by atoms with van der Waals surface area (Å²) >= 11 is 0. The third-order valence-corrected chi connectivity index (χ3v) is 5.06. The van der Waals surface area contributed by atoms with E-state index in [1.165, 1.54) is 17.0 Å². The van der Waals surface area contributed by atoms with E-state index in [1.807, 2.05) is 42.5 Å². The van der Waals surface area contributed by atoms with Gasteiger partial charge in [-0.2, -0.15) is 0 Å². The lowest BCUT2D eigenvalue weighted by Gasteiger charge is -2.10. The van der Waals surface area contributed by atoms with E-state index in [0.717, 1.165) is 22.0 Å². The van der Waals surface area contributed by atoms with Crippen molar-refractivity contribution >= 4 is 21.8 Å². The molecule has 2 heterocycles. The van der Waals surface area contributed by atoms with Crippen LogP contribution in [0.4, 0.5) is 4.39 Å². The van der Waals surface area contributed by atoms with Crippen molar-refractivity contribution in [3.63, 3.8) is 0 Å². The monoisotopic (exact) mass is 381 g/mol. The van der Waals surface area contributed by atoms with Gasteiger partial charge in [0.1, 0.15) is 5.82 Å². The molecule has 0 unspecified atom stereocenters. The maximum Gasteiger partial charge on any atom is 0.261 e. The largest absolute Gasteiger partial charge is 0.294 e. The van der Waals surface area contributed by atoms with Gasteiger partial charge in [0.25, 0.3) is 5.56 Å². The van der Waals surface area contributed by atoms with Gasteiger partial charge < -0.3 is 0 Å². The minimum Gasteiger partial charge on any atom is -0.294 e. The Morgan fingerprint density at radius 3 is 2.55 bits per heavy atom. The highest BCUT2D eigenvalue weighted by Gasteiger charge is 2.09. The number of fused-ring (bicyclic) bond motifs is 2. The summed E-state index contributed by atoms with van der Waals surface area (Å²) in [5.41, 5.74) is 3.49. The van der Waals surface area contributed by atoms with E-state index in [0.29, 0.717) is 16.5 Å². The Balaban J connectivity index is 1.50. The highest BCUT2D eigenvalue weighted by Crippen LogP contribution is 2.25. The second kappa shape index (κ2) is 6.95. The molecule has 0 bridgehead atoms. The van der Waals surface area contributed by atoms with Crippen LogP contribution in [0.15, 0.2) is 90.1 Å². The molecule has 5 rings (SSSR count). The molecule has 5 heteroatoms. The topological polar surface area (TPSA) is 47.8 Å². The third kappa shape index (κ3) is 3.17. The number of aromatic nitrogens is 3. The van der Waals surface area contributed by atoms with Crippen LogP contribution in [0.1, 0.15) is 5.56 Å². The first kappa shape index (κ1) is 17.3. The number of benzene rings is 3. The van der Waals surface area contributed by atoms with Gasteiger partial charge in [0.2, 0.25) is 0 Å². The molecule has 0 N–H and O–H groups in total. The fourth-order valence-corrected chi connectivity index (χ4v) is 3.51. The van der Waals surface area contributed by atoms with Gasteiger partial charge in [0.05, 0.1) is 29.3 Å². The molecule has 0 fully saturated rings. The lowest BCUT2D eigenvalue weighted by Crippen LogP contribution is -2.21. The number of rotatable bonds is 3. The van der Waals surface area contributed by atoms with Gasteiger partial charge >= 0.3 is 0 Å². The van der Waals surface area contributed by atoms with Crippen LogP contribution < -0.4 is 5.56 Å². The first-order valence-electron chi connectivity index (χ1n) is 9.27. The van der Waals surface area contributed by atoms with Gasteiger partial charge in [-0.25, -0.2) is 9.37 Å². The standard InChI is InChI=1S/C24H16FN3O/c25-21-13-17(16-9-10-22-18(12-16)4-3-11-26-22)7-8-19(21)14-28-15-27-23-6-2-1-5-20(23)24(28)29/h1-13,15H,14H2. The molecule has 0 saturated carbocycles. The van der Waals surface area contributed by atoms with E-state index in [1.54, 1.807) is 30.5 Å². The maximum atomic E-state index is 14.8. The van der Waals surface area contributed by atoms with Crippen molar-refractivity contribution in [1.29, 1.82) is 0 Å². The number of halogens is 1. The van der Waals surface area contributed by atoms with Crippen LogP contribution in [0, 0.1) is 5.82 Å². The Bertz CT molecular complexity index is 1430. The molecule has 0 spiro atoms. The molecule has 2 aromatic heterocycles. The second-order valence-corrected chi connectivity index (χ2v) is 6.91. The number of pyridine rings is 1. The minimum absolute atomic E-state index is 0.129. The minimum atomic E-state index is -0.353. The molecule has 0 amide bonds. The normalized spacial score (nSPS) is 11.2. The summed E-state index contributed by atoms with van der Waals surface area (Å²) in [6.07, 6.45) is 3.22. The third-order valence-electron chi connectivity index (χ3n) is 5.06. The zero-order valence-electron chi connectivity index (χ0n) is 15.4. The number of para-hydroxylation sites is 1. The molecule has 29 heavy (non-hydrogen) atoms. The lowest BCUT2D eigenvalue weighted by molar-refractivity contribution is 0.596. The Morgan fingerprint density at radius 2 is 1.66 bits per heavy atom. The molecule has 0 aliphatic heterocycles. The molecular weight excluding hydrogens is 365 g/mol. The fraction of sp³-hybridized carbons (Fsp3) is 0.0417. The Hall–Kier alpha value is -3.86. The zero-order chi connectivity index (χ0) is 19.8. The van der Waals surface area contributed by atoms with Crippen LogP contribution in [0.5, 0.6) is 0 Å². The zero-order valence-corrected chi connectivity index (χ0v) is 15.4. The SMILES string of the molecule is O=c1c2ccccc2ncn1Cc1ccc(-c2ccc3ncccc3c2)cc1F. The van der Waals surface area contributed by atoms with Gasteiger partial charge in [-0.3, -0.25) is 14.3 Å². The van der Waals surface area contributed by atoms with Crippen LogP contribution in [0.25, 0.3) is 32.9 Å². The summed E-state index contributed by atoms with van der Waals surface area (Å²) in [6, 6.07) is 22.0. The molecule has 0 radical (unpaired) electrons. The summed E-state index contributed by atoms with van der Waals surface area (Å²) in [5, 5.41) is 1.53. The van der Waals surface area contributed by atoms with Gasteiger partial charge in [0.15, 0.2) is 0 Å².